The Balaban J connectivity index is 0.000000191. The highest BCUT2D eigenvalue weighted by Gasteiger charge is 2.26. The van der Waals surface area contributed by atoms with Crippen molar-refractivity contribution in [3.05, 3.63) is 211 Å². The van der Waals surface area contributed by atoms with Crippen LogP contribution in [0.5, 0.6) is 0 Å². The lowest BCUT2D eigenvalue weighted by Crippen LogP contribution is -1.95. The highest BCUT2D eigenvalue weighted by Crippen LogP contribution is 2.51. The van der Waals surface area contributed by atoms with Crippen LogP contribution in [0, 0.1) is 12.3 Å². The van der Waals surface area contributed by atoms with E-state index in [9.17, 15) is 0 Å². The first-order valence-corrected chi connectivity index (χ1v) is 20.2. The van der Waals surface area contributed by atoms with E-state index >= 15 is 0 Å². The van der Waals surface area contributed by atoms with Gasteiger partial charge in [-0.3, -0.25) is 4.99 Å². The molecule has 11 rings (SSSR count). The number of thiophene rings is 1. The monoisotopic (exact) mass is 762 g/mol. The van der Waals surface area contributed by atoms with E-state index in [1.807, 2.05) is 72.0 Å². The van der Waals surface area contributed by atoms with Gasteiger partial charge in [0.2, 0.25) is 0 Å². The molecule has 5 heteroatoms. The molecule has 3 heterocycles. The molecule has 1 N–H and O–H groups in total. The Bertz CT molecular complexity index is 3350. The fraction of sp³-hybridized carbons (Fsp3) is 0.0189. The SMILES string of the molecule is C=N/C(=C\C(=N)c1ccccc1)c1ccccc1.Cc1ccc(-n2c3ccccc3c3c2c2sc4ccccc4c2c2c4ccccc4n(-c4ccccc4)c23)cc1. The molecule has 58 heavy (non-hydrogen) atoms. The molecule has 0 bridgehead atoms. The van der Waals surface area contributed by atoms with Crippen LogP contribution >= 0.6 is 11.3 Å². The molecule has 11 aromatic rings. The van der Waals surface area contributed by atoms with Crippen LogP contribution in [0.2, 0.25) is 0 Å². The number of rotatable bonds is 6. The van der Waals surface area contributed by atoms with Crippen LogP contribution in [0.1, 0.15) is 16.7 Å². The first-order chi connectivity index (χ1) is 28.6. The van der Waals surface area contributed by atoms with Gasteiger partial charge in [0.1, 0.15) is 0 Å². The maximum Gasteiger partial charge on any atom is 0.0741 e. The highest BCUT2D eigenvalue weighted by atomic mass is 32.1. The molecule has 276 valence electrons. The average molecular weight is 763 g/mol. The van der Waals surface area contributed by atoms with E-state index in [-0.39, 0.29) is 0 Å². The number of aliphatic imine (C=N–C) groups is 1. The van der Waals surface area contributed by atoms with Crippen LogP contribution in [0.15, 0.2) is 199 Å². The average Bonchev–Trinajstić information content (AvgIpc) is 3.95. The minimum absolute atomic E-state index is 0.432. The van der Waals surface area contributed by atoms with Gasteiger partial charge in [0.05, 0.1) is 38.2 Å². The molecule has 0 aliphatic carbocycles. The summed E-state index contributed by atoms with van der Waals surface area (Å²) in [6.45, 7) is 5.72. The Morgan fingerprint density at radius 1 is 0.517 bits per heavy atom. The Morgan fingerprint density at radius 2 is 1.02 bits per heavy atom. The van der Waals surface area contributed by atoms with Crippen molar-refractivity contribution < 1.29 is 0 Å². The van der Waals surface area contributed by atoms with Crippen molar-refractivity contribution in [2.24, 2.45) is 4.99 Å². The molecular weight excluding hydrogens is 725 g/mol. The standard InChI is InChI=1S/C37H24N2S.C16H14N2/c1-23-19-21-25(22-20-23)39-30-17-9-6-14-27(30)34-35-32(33-28-15-7-10-18-31(28)40-37(33)36(34)39)26-13-5-8-16-29(26)38(35)24-11-3-2-4-12-24;1-18-16(14-10-6-3-7-11-14)12-15(17)13-8-4-2-5-9-13/h2-22H,1H3;2-12,17H,1H2/b;16-12-,17-15?. The number of aryl methyl sites for hydroxylation is 1. The molecule has 0 saturated heterocycles. The Morgan fingerprint density at radius 3 is 1.66 bits per heavy atom. The third kappa shape index (κ3) is 5.83. The molecule has 0 radical (unpaired) electrons. The molecular formula is C53H38N4S. The van der Waals surface area contributed by atoms with Gasteiger partial charge in [0, 0.05) is 54.0 Å². The van der Waals surface area contributed by atoms with Gasteiger partial charge >= 0.3 is 0 Å². The van der Waals surface area contributed by atoms with Crippen molar-refractivity contribution >= 4 is 93.2 Å². The highest BCUT2D eigenvalue weighted by molar-refractivity contribution is 7.27. The van der Waals surface area contributed by atoms with Gasteiger partial charge in [0.25, 0.3) is 0 Å². The number of aromatic nitrogens is 2. The second-order valence-electron chi connectivity index (χ2n) is 14.5. The van der Waals surface area contributed by atoms with Crippen molar-refractivity contribution in [1.82, 2.24) is 9.13 Å². The predicted molar refractivity (Wildman–Crippen MR) is 250 cm³/mol. The number of allylic oxidation sites excluding steroid dienone is 1. The van der Waals surface area contributed by atoms with E-state index in [4.69, 9.17) is 5.41 Å². The topological polar surface area (TPSA) is 46.1 Å². The second kappa shape index (κ2) is 14.6. The smallest absolute Gasteiger partial charge is 0.0741 e. The zero-order chi connectivity index (χ0) is 39.2. The van der Waals surface area contributed by atoms with Crippen LogP contribution in [0.4, 0.5) is 0 Å². The van der Waals surface area contributed by atoms with Crippen LogP contribution < -0.4 is 0 Å². The van der Waals surface area contributed by atoms with E-state index in [2.05, 4.69) is 155 Å². The van der Waals surface area contributed by atoms with E-state index in [1.54, 1.807) is 6.08 Å². The maximum atomic E-state index is 8.05. The molecule has 0 aliphatic heterocycles. The molecule has 0 unspecified atom stereocenters. The summed E-state index contributed by atoms with van der Waals surface area (Å²) >= 11 is 1.92. The normalized spacial score (nSPS) is 11.8. The first kappa shape index (κ1) is 35.1. The Hall–Kier alpha value is -7.34. The fourth-order valence-electron chi connectivity index (χ4n) is 8.36. The zero-order valence-electron chi connectivity index (χ0n) is 31.9. The summed E-state index contributed by atoms with van der Waals surface area (Å²) in [5, 5.41) is 16.0. The quantitative estimate of drug-likeness (QED) is 0.164. The van der Waals surface area contributed by atoms with E-state index < -0.39 is 0 Å². The number of hydrogen-bond donors (Lipinski definition) is 1. The van der Waals surface area contributed by atoms with E-state index in [1.165, 1.54) is 80.7 Å². The molecule has 0 spiro atoms. The van der Waals surface area contributed by atoms with Gasteiger partial charge in [-0.25, -0.2) is 0 Å². The zero-order valence-corrected chi connectivity index (χ0v) is 32.7. The molecule has 0 amide bonds. The maximum absolute atomic E-state index is 8.05. The number of hydrogen-bond acceptors (Lipinski definition) is 3. The lowest BCUT2D eigenvalue weighted by molar-refractivity contribution is 1.18. The second-order valence-corrected chi connectivity index (χ2v) is 15.5. The van der Waals surface area contributed by atoms with Crippen molar-refractivity contribution in [2.75, 3.05) is 0 Å². The number of benzene rings is 8. The number of fused-ring (bicyclic) bond motifs is 12. The lowest BCUT2D eigenvalue weighted by atomic mass is 10.0. The van der Waals surface area contributed by atoms with Crippen molar-refractivity contribution in [2.45, 2.75) is 6.92 Å². The van der Waals surface area contributed by atoms with Crippen molar-refractivity contribution in [1.29, 1.82) is 5.41 Å². The predicted octanol–water partition coefficient (Wildman–Crippen LogP) is 14.4. The third-order valence-electron chi connectivity index (χ3n) is 11.0. The van der Waals surface area contributed by atoms with Gasteiger partial charge < -0.3 is 14.5 Å². The molecule has 0 fully saturated rings. The van der Waals surface area contributed by atoms with Crippen LogP contribution in [-0.4, -0.2) is 21.6 Å². The first-order valence-electron chi connectivity index (χ1n) is 19.4. The summed E-state index contributed by atoms with van der Waals surface area (Å²) in [7, 11) is 0. The fourth-order valence-corrected chi connectivity index (χ4v) is 9.61. The minimum atomic E-state index is 0.432. The van der Waals surface area contributed by atoms with Gasteiger partial charge in [0.15, 0.2) is 0 Å². The third-order valence-corrected chi connectivity index (χ3v) is 12.1. The summed E-state index contributed by atoms with van der Waals surface area (Å²) in [6.07, 6.45) is 1.73. The molecule has 8 aromatic carbocycles. The number of para-hydroxylation sites is 3. The summed E-state index contributed by atoms with van der Waals surface area (Å²) in [6, 6.07) is 65.9. The molecule has 0 aliphatic rings. The van der Waals surface area contributed by atoms with Crippen LogP contribution in [0.25, 0.3) is 80.9 Å². The summed E-state index contributed by atoms with van der Waals surface area (Å²) in [5.74, 6) is 0. The van der Waals surface area contributed by atoms with E-state index in [0.29, 0.717) is 11.4 Å². The summed E-state index contributed by atoms with van der Waals surface area (Å²) in [5.41, 5.74) is 11.7. The van der Waals surface area contributed by atoms with Crippen LogP contribution in [-0.2, 0) is 0 Å². The number of nitrogens with one attached hydrogen (secondary N) is 1. The van der Waals surface area contributed by atoms with Crippen LogP contribution in [0.3, 0.4) is 0 Å². The lowest BCUT2D eigenvalue weighted by Gasteiger charge is -2.11. The van der Waals surface area contributed by atoms with Gasteiger partial charge in [-0.1, -0.05) is 151 Å². The van der Waals surface area contributed by atoms with Gasteiger partial charge in [-0.2, -0.15) is 0 Å². The van der Waals surface area contributed by atoms with Crippen molar-refractivity contribution in [3.63, 3.8) is 0 Å². The molecule has 0 atom stereocenters. The largest absolute Gasteiger partial charge is 0.309 e. The van der Waals surface area contributed by atoms with E-state index in [0.717, 1.165) is 11.1 Å². The summed E-state index contributed by atoms with van der Waals surface area (Å²) < 4.78 is 7.65. The van der Waals surface area contributed by atoms with Gasteiger partial charge in [-0.15, -0.1) is 11.3 Å². The Kier molecular flexibility index (Phi) is 8.85. The minimum Gasteiger partial charge on any atom is -0.309 e. The number of nitrogens with zero attached hydrogens (tertiary/aromatic N) is 3. The molecule has 0 saturated carbocycles. The Labute approximate surface area is 340 Å². The summed E-state index contributed by atoms with van der Waals surface area (Å²) in [4.78, 5) is 3.99. The van der Waals surface area contributed by atoms with Gasteiger partial charge in [-0.05, 0) is 67.7 Å². The molecule has 3 aromatic heterocycles. The van der Waals surface area contributed by atoms with Crippen molar-refractivity contribution in [3.8, 4) is 11.4 Å². The molecule has 4 nitrogen and oxygen atoms in total.